The average Bonchev–Trinajstić information content (AvgIpc) is 2.92. The molecule has 1 N–H and O–H groups in total. The highest BCUT2D eigenvalue weighted by atomic mass is 79.9. The molecule has 0 aliphatic heterocycles. The van der Waals surface area contributed by atoms with Crippen LogP contribution in [-0.2, 0) is 0 Å². The molecule has 0 aliphatic rings. The average molecular weight is 399 g/mol. The fourth-order valence-electron chi connectivity index (χ4n) is 2.21. The van der Waals surface area contributed by atoms with Crippen LogP contribution in [0.5, 0.6) is 0 Å². The Morgan fingerprint density at radius 1 is 1.33 bits per heavy atom. The number of fused-ring (bicyclic) bond motifs is 1. The zero-order valence-electron chi connectivity index (χ0n) is 12.2. The first kappa shape index (κ1) is 16.4. The van der Waals surface area contributed by atoms with Gasteiger partial charge >= 0.3 is 0 Å². The Labute approximate surface area is 142 Å². The van der Waals surface area contributed by atoms with Crippen LogP contribution in [0, 0.1) is 12.7 Å². The molecular formula is C15H10BrF3N4O. The Hall–Kier alpha value is -2.42. The molecule has 2 heterocycles. The fraction of sp³-hybridized carbons (Fsp3) is 0.133. The third-order valence-electron chi connectivity index (χ3n) is 3.27. The molecular weight excluding hydrogens is 389 g/mol. The van der Waals surface area contributed by atoms with E-state index in [9.17, 15) is 18.0 Å². The summed E-state index contributed by atoms with van der Waals surface area (Å²) in [5.41, 5.74) is -0.124. The van der Waals surface area contributed by atoms with Crippen LogP contribution < -0.4 is 5.32 Å². The van der Waals surface area contributed by atoms with Gasteiger partial charge in [0.2, 0.25) is 0 Å². The number of rotatable bonds is 3. The van der Waals surface area contributed by atoms with Crippen LogP contribution in [0.25, 0.3) is 5.65 Å². The fourth-order valence-corrected chi connectivity index (χ4v) is 2.54. The second kappa shape index (κ2) is 6.23. The molecule has 0 spiro atoms. The summed E-state index contributed by atoms with van der Waals surface area (Å²) < 4.78 is 41.4. The molecule has 0 unspecified atom stereocenters. The largest absolute Gasteiger partial charge is 0.319 e. The Balaban J connectivity index is 2.01. The number of carbonyl (C=O) groups is 1. The monoisotopic (exact) mass is 398 g/mol. The SMILES string of the molecule is Cc1cc(C(F)F)n2ncc(C(=O)Nc3ccc(Br)cc3F)c2n1. The molecule has 3 aromatic rings. The second-order valence-electron chi connectivity index (χ2n) is 5.00. The lowest BCUT2D eigenvalue weighted by atomic mass is 10.2. The van der Waals surface area contributed by atoms with Gasteiger partial charge in [-0.15, -0.1) is 0 Å². The normalized spacial score (nSPS) is 11.2. The predicted octanol–water partition coefficient (Wildman–Crippen LogP) is 4.13. The lowest BCUT2D eigenvalue weighted by Crippen LogP contribution is -2.13. The minimum absolute atomic E-state index is 0.0136. The number of aryl methyl sites for hydroxylation is 1. The Kier molecular flexibility index (Phi) is 4.27. The molecule has 5 nitrogen and oxygen atoms in total. The zero-order chi connectivity index (χ0) is 17.4. The first-order valence-corrected chi connectivity index (χ1v) is 7.56. The van der Waals surface area contributed by atoms with Gasteiger partial charge in [-0.3, -0.25) is 4.79 Å². The van der Waals surface area contributed by atoms with Gasteiger partial charge in [-0.25, -0.2) is 22.7 Å². The number of hydrogen-bond acceptors (Lipinski definition) is 3. The number of nitrogens with one attached hydrogen (secondary N) is 1. The van der Waals surface area contributed by atoms with Crippen LogP contribution in [-0.4, -0.2) is 20.5 Å². The van der Waals surface area contributed by atoms with Crippen molar-refractivity contribution in [3.8, 4) is 0 Å². The van der Waals surface area contributed by atoms with Gasteiger partial charge in [0.05, 0.1) is 11.9 Å². The maximum absolute atomic E-state index is 13.8. The number of benzene rings is 1. The standard InChI is InChI=1S/C15H10BrF3N4O/c1-7-4-12(13(18)19)23-14(21-7)9(6-20-23)15(24)22-11-3-2-8(16)5-10(11)17/h2-6,13H,1H3,(H,22,24). The highest BCUT2D eigenvalue weighted by Gasteiger charge is 2.21. The first-order valence-electron chi connectivity index (χ1n) is 6.76. The van der Waals surface area contributed by atoms with Gasteiger partial charge in [0.25, 0.3) is 12.3 Å². The summed E-state index contributed by atoms with van der Waals surface area (Å²) in [4.78, 5) is 16.4. The van der Waals surface area contributed by atoms with E-state index in [0.29, 0.717) is 10.2 Å². The molecule has 0 bridgehead atoms. The Morgan fingerprint density at radius 3 is 2.75 bits per heavy atom. The summed E-state index contributed by atoms with van der Waals surface area (Å²) in [5, 5.41) is 6.18. The van der Waals surface area contributed by atoms with Crippen LogP contribution >= 0.6 is 15.9 Å². The van der Waals surface area contributed by atoms with Crippen molar-refractivity contribution in [2.24, 2.45) is 0 Å². The minimum Gasteiger partial charge on any atom is -0.319 e. The molecule has 3 rings (SSSR count). The number of nitrogens with zero attached hydrogens (tertiary/aromatic N) is 3. The maximum Gasteiger partial charge on any atom is 0.280 e. The summed E-state index contributed by atoms with van der Waals surface area (Å²) in [6.45, 7) is 1.54. The Bertz CT molecular complexity index is 942. The van der Waals surface area contributed by atoms with E-state index in [2.05, 4.69) is 31.3 Å². The van der Waals surface area contributed by atoms with Gasteiger partial charge in [-0.2, -0.15) is 5.10 Å². The smallest absolute Gasteiger partial charge is 0.280 e. The molecule has 124 valence electrons. The zero-order valence-corrected chi connectivity index (χ0v) is 13.8. The van der Waals surface area contributed by atoms with E-state index in [-0.39, 0.29) is 22.6 Å². The quantitative estimate of drug-likeness (QED) is 0.721. The van der Waals surface area contributed by atoms with E-state index in [1.807, 2.05) is 0 Å². The second-order valence-corrected chi connectivity index (χ2v) is 5.91. The molecule has 0 radical (unpaired) electrons. The number of anilines is 1. The van der Waals surface area contributed by atoms with E-state index < -0.39 is 18.1 Å². The molecule has 0 aliphatic carbocycles. The number of halogens is 4. The number of aromatic nitrogens is 3. The van der Waals surface area contributed by atoms with Gasteiger partial charge in [0, 0.05) is 10.2 Å². The highest BCUT2D eigenvalue weighted by Crippen LogP contribution is 2.23. The molecule has 9 heteroatoms. The topological polar surface area (TPSA) is 59.3 Å². The molecule has 1 aromatic carbocycles. The number of hydrogen-bond donors (Lipinski definition) is 1. The van der Waals surface area contributed by atoms with Crippen molar-refractivity contribution in [1.82, 2.24) is 14.6 Å². The van der Waals surface area contributed by atoms with E-state index in [4.69, 9.17) is 0 Å². The maximum atomic E-state index is 13.8. The van der Waals surface area contributed by atoms with Crippen LogP contribution in [0.4, 0.5) is 18.9 Å². The van der Waals surface area contributed by atoms with E-state index in [1.165, 1.54) is 25.1 Å². The third-order valence-corrected chi connectivity index (χ3v) is 3.77. The third kappa shape index (κ3) is 2.99. The van der Waals surface area contributed by atoms with Gasteiger partial charge in [0.15, 0.2) is 5.65 Å². The van der Waals surface area contributed by atoms with Gasteiger partial charge in [-0.05, 0) is 31.2 Å². The highest BCUT2D eigenvalue weighted by molar-refractivity contribution is 9.10. The van der Waals surface area contributed by atoms with Crippen molar-refractivity contribution < 1.29 is 18.0 Å². The molecule has 0 fully saturated rings. The van der Waals surface area contributed by atoms with Gasteiger partial charge in [0.1, 0.15) is 17.1 Å². The van der Waals surface area contributed by atoms with Gasteiger partial charge < -0.3 is 5.32 Å². The Morgan fingerprint density at radius 2 is 2.08 bits per heavy atom. The molecule has 0 saturated carbocycles. The number of amides is 1. The summed E-state index contributed by atoms with van der Waals surface area (Å²) in [6.07, 6.45) is -1.64. The van der Waals surface area contributed by atoms with Crippen molar-refractivity contribution in [2.75, 3.05) is 5.32 Å². The summed E-state index contributed by atoms with van der Waals surface area (Å²) in [5.74, 6) is -1.32. The van der Waals surface area contributed by atoms with Crippen LogP contribution in [0.1, 0.15) is 28.2 Å². The van der Waals surface area contributed by atoms with Crippen LogP contribution in [0.2, 0.25) is 0 Å². The van der Waals surface area contributed by atoms with Crippen molar-refractivity contribution in [2.45, 2.75) is 13.3 Å². The van der Waals surface area contributed by atoms with Crippen molar-refractivity contribution in [3.63, 3.8) is 0 Å². The summed E-state index contributed by atoms with van der Waals surface area (Å²) >= 11 is 3.12. The van der Waals surface area contributed by atoms with E-state index in [0.717, 1.165) is 10.7 Å². The van der Waals surface area contributed by atoms with Crippen molar-refractivity contribution in [3.05, 3.63) is 57.7 Å². The number of carbonyl (C=O) groups excluding carboxylic acids is 1. The first-order chi connectivity index (χ1) is 11.4. The minimum atomic E-state index is -2.77. The molecule has 0 saturated heterocycles. The van der Waals surface area contributed by atoms with E-state index >= 15 is 0 Å². The van der Waals surface area contributed by atoms with Gasteiger partial charge in [-0.1, -0.05) is 15.9 Å². The van der Waals surface area contributed by atoms with Crippen molar-refractivity contribution in [1.29, 1.82) is 0 Å². The molecule has 2 aromatic heterocycles. The molecule has 1 amide bonds. The molecule has 0 atom stereocenters. The lowest BCUT2D eigenvalue weighted by Gasteiger charge is -2.07. The van der Waals surface area contributed by atoms with Crippen molar-refractivity contribution >= 4 is 33.2 Å². The predicted molar refractivity (Wildman–Crippen MR) is 84.7 cm³/mol. The van der Waals surface area contributed by atoms with E-state index in [1.54, 1.807) is 6.07 Å². The molecule has 24 heavy (non-hydrogen) atoms. The summed E-state index contributed by atoms with van der Waals surface area (Å²) in [7, 11) is 0. The summed E-state index contributed by atoms with van der Waals surface area (Å²) in [6, 6.07) is 5.34. The number of alkyl halides is 2. The van der Waals surface area contributed by atoms with Crippen LogP contribution in [0.3, 0.4) is 0 Å². The lowest BCUT2D eigenvalue weighted by molar-refractivity contribution is 0.102. The van der Waals surface area contributed by atoms with Crippen LogP contribution in [0.15, 0.2) is 34.9 Å².